The Morgan fingerprint density at radius 2 is 1.97 bits per heavy atom. The number of alkyl halides is 4. The van der Waals surface area contributed by atoms with Gasteiger partial charge in [-0.1, -0.05) is 81.1 Å². The van der Waals surface area contributed by atoms with Crippen molar-refractivity contribution in [2.24, 2.45) is 0 Å². The van der Waals surface area contributed by atoms with E-state index in [4.69, 9.17) is 39.5 Å². The van der Waals surface area contributed by atoms with Crippen molar-refractivity contribution in [3.05, 3.63) is 35.9 Å². The van der Waals surface area contributed by atoms with Crippen LogP contribution in [0.4, 0.5) is 0 Å². The van der Waals surface area contributed by atoms with Gasteiger partial charge in [-0.25, -0.2) is 4.79 Å². The molecule has 0 aliphatic carbocycles. The number of rotatable bonds is 6. The number of carbonyl (C=O) groups is 3. The second-order valence-corrected chi connectivity index (χ2v) is 11.8. The van der Waals surface area contributed by atoms with Crippen LogP contribution in [0.25, 0.3) is 0 Å². The van der Waals surface area contributed by atoms with E-state index in [-0.39, 0.29) is 23.6 Å². The van der Waals surface area contributed by atoms with E-state index in [9.17, 15) is 14.4 Å². The lowest BCUT2D eigenvalue weighted by Crippen LogP contribution is -2.71. The van der Waals surface area contributed by atoms with Gasteiger partial charge >= 0.3 is 5.97 Å². The maximum Gasteiger partial charge on any atom is 0.330 e. The van der Waals surface area contributed by atoms with Gasteiger partial charge in [0.05, 0.1) is 11.2 Å². The average molecular weight is 545 g/mol. The van der Waals surface area contributed by atoms with E-state index in [0.29, 0.717) is 5.33 Å². The van der Waals surface area contributed by atoms with Gasteiger partial charge in [-0.2, -0.15) is 0 Å². The Morgan fingerprint density at radius 1 is 1.31 bits per heavy atom. The molecule has 2 saturated heterocycles. The number of β-lactam (4-membered cyclic amide) rings is 1. The molecule has 4 atom stereocenters. The summed E-state index contributed by atoms with van der Waals surface area (Å²) >= 11 is 21.8. The number of nitrogens with one attached hydrogen (secondary N) is 1. The van der Waals surface area contributed by atoms with E-state index in [2.05, 4.69) is 21.2 Å². The van der Waals surface area contributed by atoms with Crippen LogP contribution >= 0.6 is 62.5 Å². The van der Waals surface area contributed by atoms with Crippen LogP contribution in [0, 0.1) is 0 Å². The highest BCUT2D eigenvalue weighted by molar-refractivity contribution is 9.09. The van der Waals surface area contributed by atoms with Gasteiger partial charge < -0.3 is 15.0 Å². The highest BCUT2D eigenvalue weighted by Gasteiger charge is 2.65. The van der Waals surface area contributed by atoms with Gasteiger partial charge in [0, 0.05) is 5.33 Å². The van der Waals surface area contributed by atoms with Gasteiger partial charge in [0.1, 0.15) is 24.1 Å². The number of thioether (sulfide) groups is 1. The molecule has 0 aromatic heterocycles. The predicted octanol–water partition coefficient (Wildman–Crippen LogP) is 3.06. The van der Waals surface area contributed by atoms with E-state index in [1.165, 1.54) is 16.7 Å². The Kier molecular flexibility index (Phi) is 7.00. The molecule has 2 heterocycles. The Labute approximate surface area is 196 Å². The number of carbonyl (C=O) groups excluding carboxylic acids is 3. The van der Waals surface area contributed by atoms with Crippen LogP contribution in [0.15, 0.2) is 30.3 Å². The zero-order chi connectivity index (χ0) is 21.4. The maximum absolute atomic E-state index is 12.7. The summed E-state index contributed by atoms with van der Waals surface area (Å²) in [6, 6.07) is 7.71. The van der Waals surface area contributed by atoms with Gasteiger partial charge in [0.15, 0.2) is 0 Å². The highest BCUT2D eigenvalue weighted by Crippen LogP contribution is 2.52. The molecule has 6 nitrogen and oxygen atoms in total. The number of fused-ring (bicyclic) bond motifs is 1. The van der Waals surface area contributed by atoms with Gasteiger partial charge in [-0.05, 0) is 12.5 Å². The molecule has 3 rings (SSSR count). The lowest BCUT2D eigenvalue weighted by molar-refractivity contribution is -0.164. The summed E-state index contributed by atoms with van der Waals surface area (Å²) < 4.78 is 2.75. The fourth-order valence-corrected chi connectivity index (χ4v) is 5.84. The second-order valence-electron chi connectivity index (χ2n) is 7.03. The van der Waals surface area contributed by atoms with E-state index in [1.807, 2.05) is 37.3 Å². The number of halogens is 4. The molecule has 29 heavy (non-hydrogen) atoms. The Bertz CT molecular complexity index is 810. The SMILES string of the molecule is CC1(CBr)S[C@H]2C(NC(=O)Cc3ccccc3)C(=O)N2C1C(=O)OCC(Cl)(Cl)Cl. The molecule has 2 aliphatic rings. The third-order valence-electron chi connectivity index (χ3n) is 4.72. The highest BCUT2D eigenvalue weighted by atomic mass is 79.9. The minimum absolute atomic E-state index is 0.173. The molecule has 2 amide bonds. The Balaban J connectivity index is 1.68. The van der Waals surface area contributed by atoms with Gasteiger partial charge in [0.2, 0.25) is 15.6 Å². The van der Waals surface area contributed by atoms with Crippen molar-refractivity contribution >= 4 is 80.3 Å². The lowest BCUT2D eigenvalue weighted by Gasteiger charge is -2.44. The van der Waals surface area contributed by atoms with Crippen molar-refractivity contribution in [3.63, 3.8) is 0 Å². The summed E-state index contributed by atoms with van der Waals surface area (Å²) in [5.41, 5.74) is 0.853. The lowest BCUT2D eigenvalue weighted by atomic mass is 9.95. The predicted molar refractivity (Wildman–Crippen MR) is 118 cm³/mol. The number of hydrogen-bond acceptors (Lipinski definition) is 5. The quantitative estimate of drug-likeness (QED) is 0.339. The standard InChI is InChI=1S/C18H18BrCl3N2O4S/c1-17(8-19)13(16(27)28-9-18(20,21)22)24-14(26)12(15(24)29-17)23-11(25)7-10-5-3-2-4-6-10/h2-6,12-13,15H,7-9H2,1H3,(H,23,25)/t12?,13?,15-,17?/m0/s1. The Hall–Kier alpha value is -0.670. The van der Waals surface area contributed by atoms with Crippen molar-refractivity contribution in [2.75, 3.05) is 11.9 Å². The molecule has 11 heteroatoms. The first kappa shape index (κ1) is 23.0. The van der Waals surface area contributed by atoms with E-state index in [0.717, 1.165) is 5.56 Å². The van der Waals surface area contributed by atoms with Crippen LogP contribution < -0.4 is 5.32 Å². The Morgan fingerprint density at radius 3 is 2.55 bits per heavy atom. The molecule has 3 unspecified atom stereocenters. The van der Waals surface area contributed by atoms with Crippen LogP contribution in [0.1, 0.15) is 12.5 Å². The summed E-state index contributed by atoms with van der Waals surface area (Å²) in [7, 11) is 0. The second kappa shape index (κ2) is 8.83. The summed E-state index contributed by atoms with van der Waals surface area (Å²) in [4.78, 5) is 39.2. The van der Waals surface area contributed by atoms with Crippen LogP contribution in [-0.2, 0) is 25.5 Å². The molecule has 0 radical (unpaired) electrons. The molecule has 1 aromatic rings. The number of nitrogens with zero attached hydrogens (tertiary/aromatic N) is 1. The largest absolute Gasteiger partial charge is 0.460 e. The fourth-order valence-electron chi connectivity index (χ4n) is 3.36. The molecule has 0 bridgehead atoms. The first-order valence-corrected chi connectivity index (χ1v) is 11.8. The molecule has 0 spiro atoms. The van der Waals surface area contributed by atoms with Crippen molar-refractivity contribution in [1.29, 1.82) is 0 Å². The van der Waals surface area contributed by atoms with Crippen molar-refractivity contribution in [1.82, 2.24) is 10.2 Å². The summed E-state index contributed by atoms with van der Waals surface area (Å²) in [5, 5.41) is 2.85. The molecular weight excluding hydrogens is 527 g/mol. The number of esters is 1. The number of ether oxygens (including phenoxy) is 1. The fraction of sp³-hybridized carbons (Fsp3) is 0.500. The van der Waals surface area contributed by atoms with Crippen LogP contribution in [-0.4, -0.2) is 60.6 Å². The van der Waals surface area contributed by atoms with Gasteiger partial charge in [0.25, 0.3) is 0 Å². The van der Waals surface area contributed by atoms with E-state index < -0.39 is 33.2 Å². The zero-order valence-electron chi connectivity index (χ0n) is 15.2. The third-order valence-corrected chi connectivity index (χ3v) is 8.23. The molecule has 2 fully saturated rings. The minimum Gasteiger partial charge on any atom is -0.460 e. The van der Waals surface area contributed by atoms with Crippen molar-refractivity contribution in [2.45, 2.75) is 39.3 Å². The van der Waals surface area contributed by atoms with Crippen LogP contribution in [0.3, 0.4) is 0 Å². The molecule has 158 valence electrons. The molecule has 0 saturated carbocycles. The monoisotopic (exact) mass is 542 g/mol. The number of amides is 2. The maximum atomic E-state index is 12.7. The third kappa shape index (κ3) is 4.98. The molecule has 1 aromatic carbocycles. The van der Waals surface area contributed by atoms with Crippen LogP contribution in [0.5, 0.6) is 0 Å². The van der Waals surface area contributed by atoms with E-state index >= 15 is 0 Å². The first-order valence-electron chi connectivity index (χ1n) is 8.68. The normalized spacial score (nSPS) is 28.5. The number of hydrogen-bond donors (Lipinski definition) is 1. The van der Waals surface area contributed by atoms with Gasteiger partial charge in [-0.15, -0.1) is 11.8 Å². The van der Waals surface area contributed by atoms with Gasteiger partial charge in [-0.3, -0.25) is 9.59 Å². The van der Waals surface area contributed by atoms with E-state index in [1.54, 1.807) is 0 Å². The summed E-state index contributed by atoms with van der Waals surface area (Å²) in [6.07, 6.45) is 0.173. The number of benzene rings is 1. The molecule has 2 aliphatic heterocycles. The average Bonchev–Trinajstić information content (AvgIpc) is 2.95. The molecular formula is C18H18BrCl3N2O4S. The summed E-state index contributed by atoms with van der Waals surface area (Å²) in [5.74, 6) is -1.22. The summed E-state index contributed by atoms with van der Waals surface area (Å²) in [6.45, 7) is 1.43. The topological polar surface area (TPSA) is 75.7 Å². The first-order chi connectivity index (χ1) is 13.6. The molecule has 1 N–H and O–H groups in total. The van der Waals surface area contributed by atoms with Crippen LogP contribution in [0.2, 0.25) is 0 Å². The zero-order valence-corrected chi connectivity index (χ0v) is 19.9. The van der Waals surface area contributed by atoms with Crippen molar-refractivity contribution < 1.29 is 19.1 Å². The minimum atomic E-state index is -1.74. The van der Waals surface area contributed by atoms with Crippen molar-refractivity contribution in [3.8, 4) is 0 Å². The smallest absolute Gasteiger partial charge is 0.330 e.